The summed E-state index contributed by atoms with van der Waals surface area (Å²) in [6.45, 7) is 2.61. The Balaban J connectivity index is 2.57. The molecule has 0 saturated carbocycles. The van der Waals surface area contributed by atoms with Crippen LogP contribution in [0.2, 0.25) is 0 Å². The van der Waals surface area contributed by atoms with Crippen molar-refractivity contribution in [2.24, 2.45) is 0 Å². The van der Waals surface area contributed by atoms with Crippen molar-refractivity contribution >= 4 is 10.9 Å². The first-order valence-electron chi connectivity index (χ1n) is 4.49. The predicted molar refractivity (Wildman–Crippen MR) is 53.8 cm³/mol. The van der Waals surface area contributed by atoms with Crippen molar-refractivity contribution in [3.05, 3.63) is 18.5 Å². The molecule has 4 nitrogen and oxygen atoms in total. The smallest absolute Gasteiger partial charge is 0.238 e. The molecule has 0 aromatic carbocycles. The molecule has 2 heterocycles. The van der Waals surface area contributed by atoms with Crippen LogP contribution in [0.25, 0.3) is 10.9 Å². The summed E-state index contributed by atoms with van der Waals surface area (Å²) in [6.07, 6.45) is 3.52. The van der Waals surface area contributed by atoms with Crippen molar-refractivity contribution in [3.63, 3.8) is 0 Å². The highest BCUT2D eigenvalue weighted by molar-refractivity contribution is 5.89. The van der Waals surface area contributed by atoms with Crippen LogP contribution in [0.5, 0.6) is 11.6 Å². The Morgan fingerprint density at radius 3 is 3.07 bits per heavy atom. The van der Waals surface area contributed by atoms with Gasteiger partial charge in [0.25, 0.3) is 0 Å². The molecule has 0 bridgehead atoms. The molecule has 0 unspecified atom stereocenters. The van der Waals surface area contributed by atoms with Gasteiger partial charge in [-0.05, 0) is 13.0 Å². The van der Waals surface area contributed by atoms with Gasteiger partial charge in [-0.25, -0.2) is 4.98 Å². The van der Waals surface area contributed by atoms with Crippen LogP contribution in [0.4, 0.5) is 0 Å². The lowest BCUT2D eigenvalue weighted by molar-refractivity contribution is 0.344. The molecule has 0 saturated heterocycles. The van der Waals surface area contributed by atoms with Gasteiger partial charge in [-0.15, -0.1) is 0 Å². The Kier molecular flexibility index (Phi) is 2.26. The van der Waals surface area contributed by atoms with Crippen LogP contribution in [0.3, 0.4) is 0 Å². The highest BCUT2D eigenvalue weighted by atomic mass is 16.5. The standard InChI is InChI=1S/C10H12N2O2/c1-3-14-8-6-12-9-7(8)4-5-11-10(9)13-2/h4-6,12H,3H2,1-2H3. The van der Waals surface area contributed by atoms with Crippen molar-refractivity contribution in [2.75, 3.05) is 13.7 Å². The Morgan fingerprint density at radius 2 is 2.36 bits per heavy atom. The fourth-order valence-corrected chi connectivity index (χ4v) is 1.43. The van der Waals surface area contributed by atoms with Crippen LogP contribution in [0.1, 0.15) is 6.92 Å². The van der Waals surface area contributed by atoms with Crippen molar-refractivity contribution in [1.82, 2.24) is 9.97 Å². The van der Waals surface area contributed by atoms with E-state index in [9.17, 15) is 0 Å². The van der Waals surface area contributed by atoms with Gasteiger partial charge >= 0.3 is 0 Å². The minimum atomic E-state index is 0.591. The Labute approximate surface area is 81.9 Å². The molecule has 74 valence electrons. The molecular weight excluding hydrogens is 180 g/mol. The monoisotopic (exact) mass is 192 g/mol. The van der Waals surface area contributed by atoms with Crippen molar-refractivity contribution in [3.8, 4) is 11.6 Å². The average Bonchev–Trinajstić information content (AvgIpc) is 2.62. The maximum atomic E-state index is 5.44. The molecule has 0 aliphatic carbocycles. The quantitative estimate of drug-likeness (QED) is 0.808. The molecule has 0 aliphatic rings. The summed E-state index contributed by atoms with van der Waals surface area (Å²) in [5, 5.41) is 0.999. The Morgan fingerprint density at radius 1 is 1.50 bits per heavy atom. The third-order valence-electron chi connectivity index (χ3n) is 2.02. The van der Waals surface area contributed by atoms with Crippen LogP contribution in [0, 0.1) is 0 Å². The van der Waals surface area contributed by atoms with E-state index < -0.39 is 0 Å². The summed E-state index contributed by atoms with van der Waals surface area (Å²) in [5.41, 5.74) is 0.874. The summed E-state index contributed by atoms with van der Waals surface area (Å²) >= 11 is 0. The average molecular weight is 192 g/mol. The topological polar surface area (TPSA) is 47.1 Å². The predicted octanol–water partition coefficient (Wildman–Crippen LogP) is 1.97. The lowest BCUT2D eigenvalue weighted by atomic mass is 10.3. The molecule has 2 rings (SSSR count). The number of aromatic nitrogens is 2. The van der Waals surface area contributed by atoms with Gasteiger partial charge in [0.2, 0.25) is 5.88 Å². The van der Waals surface area contributed by atoms with Crippen LogP contribution in [-0.4, -0.2) is 23.7 Å². The molecule has 14 heavy (non-hydrogen) atoms. The third kappa shape index (κ3) is 1.28. The largest absolute Gasteiger partial charge is 0.492 e. The number of fused-ring (bicyclic) bond motifs is 1. The summed E-state index contributed by atoms with van der Waals surface area (Å²) in [4.78, 5) is 7.17. The molecule has 0 spiro atoms. The molecule has 2 aromatic heterocycles. The zero-order chi connectivity index (χ0) is 9.97. The van der Waals surface area contributed by atoms with E-state index in [1.807, 2.05) is 19.2 Å². The van der Waals surface area contributed by atoms with E-state index in [0.29, 0.717) is 12.5 Å². The van der Waals surface area contributed by atoms with Gasteiger partial charge in [-0.3, -0.25) is 0 Å². The highest BCUT2D eigenvalue weighted by Gasteiger charge is 2.08. The number of H-pyrrole nitrogens is 1. The van der Waals surface area contributed by atoms with E-state index in [2.05, 4.69) is 9.97 Å². The number of nitrogens with zero attached hydrogens (tertiary/aromatic N) is 1. The first kappa shape index (κ1) is 8.87. The van der Waals surface area contributed by atoms with E-state index in [4.69, 9.17) is 9.47 Å². The second-order valence-corrected chi connectivity index (χ2v) is 2.83. The maximum absolute atomic E-state index is 5.44. The first-order valence-corrected chi connectivity index (χ1v) is 4.49. The third-order valence-corrected chi connectivity index (χ3v) is 2.02. The number of methoxy groups -OCH3 is 1. The first-order chi connectivity index (χ1) is 6.86. The molecule has 0 fully saturated rings. The molecule has 1 N–H and O–H groups in total. The van der Waals surface area contributed by atoms with Crippen molar-refractivity contribution in [2.45, 2.75) is 6.92 Å². The van der Waals surface area contributed by atoms with Gasteiger partial charge in [0.15, 0.2) is 0 Å². The van der Waals surface area contributed by atoms with Gasteiger partial charge in [-0.1, -0.05) is 0 Å². The van der Waals surface area contributed by atoms with Crippen LogP contribution < -0.4 is 9.47 Å². The van der Waals surface area contributed by atoms with E-state index >= 15 is 0 Å². The Bertz CT molecular complexity index is 437. The zero-order valence-electron chi connectivity index (χ0n) is 8.20. The van der Waals surface area contributed by atoms with Crippen molar-refractivity contribution < 1.29 is 9.47 Å². The number of pyridine rings is 1. The minimum absolute atomic E-state index is 0.591. The number of nitrogens with one attached hydrogen (secondary N) is 1. The summed E-state index contributed by atoms with van der Waals surface area (Å²) in [5.74, 6) is 1.43. The number of rotatable bonds is 3. The second kappa shape index (κ2) is 3.57. The molecule has 0 amide bonds. The summed E-state index contributed by atoms with van der Waals surface area (Å²) in [7, 11) is 1.60. The number of aromatic amines is 1. The van der Waals surface area contributed by atoms with Gasteiger partial charge in [0, 0.05) is 17.8 Å². The van der Waals surface area contributed by atoms with Gasteiger partial charge in [0.1, 0.15) is 11.3 Å². The second-order valence-electron chi connectivity index (χ2n) is 2.83. The lowest BCUT2D eigenvalue weighted by Crippen LogP contribution is -1.90. The van der Waals surface area contributed by atoms with E-state index in [0.717, 1.165) is 16.7 Å². The maximum Gasteiger partial charge on any atom is 0.238 e. The SMILES string of the molecule is CCOc1c[nH]c2c(OC)nccc12. The summed E-state index contributed by atoms with van der Waals surface area (Å²) in [6, 6.07) is 1.90. The van der Waals surface area contributed by atoms with Gasteiger partial charge in [-0.2, -0.15) is 0 Å². The molecule has 0 atom stereocenters. The van der Waals surface area contributed by atoms with Crippen LogP contribution in [-0.2, 0) is 0 Å². The number of hydrogen-bond donors (Lipinski definition) is 1. The number of hydrogen-bond acceptors (Lipinski definition) is 3. The molecule has 4 heteroatoms. The van der Waals surface area contributed by atoms with Gasteiger partial charge < -0.3 is 14.5 Å². The zero-order valence-corrected chi connectivity index (χ0v) is 8.20. The highest BCUT2D eigenvalue weighted by Crippen LogP contribution is 2.29. The van der Waals surface area contributed by atoms with E-state index in [1.54, 1.807) is 13.3 Å². The summed E-state index contributed by atoms with van der Waals surface area (Å²) < 4.78 is 10.6. The van der Waals surface area contributed by atoms with E-state index in [-0.39, 0.29) is 0 Å². The minimum Gasteiger partial charge on any atom is -0.492 e. The lowest BCUT2D eigenvalue weighted by Gasteiger charge is -2.01. The molecule has 0 aliphatic heterocycles. The van der Waals surface area contributed by atoms with Crippen molar-refractivity contribution in [1.29, 1.82) is 0 Å². The van der Waals surface area contributed by atoms with Gasteiger partial charge in [0.05, 0.1) is 13.7 Å². The molecule has 2 aromatic rings. The Hall–Kier alpha value is -1.71. The fourth-order valence-electron chi connectivity index (χ4n) is 1.43. The fraction of sp³-hybridized carbons (Fsp3) is 0.300. The molecular formula is C10H12N2O2. The van der Waals surface area contributed by atoms with Crippen LogP contribution in [0.15, 0.2) is 18.5 Å². The van der Waals surface area contributed by atoms with E-state index in [1.165, 1.54) is 0 Å². The van der Waals surface area contributed by atoms with Crippen LogP contribution >= 0.6 is 0 Å². The molecule has 0 radical (unpaired) electrons. The normalized spacial score (nSPS) is 10.4. The number of ether oxygens (including phenoxy) is 2.